The second-order valence-corrected chi connectivity index (χ2v) is 9.28. The topological polar surface area (TPSA) is 118 Å². The molecule has 2 unspecified atom stereocenters. The van der Waals surface area contributed by atoms with Gasteiger partial charge in [0.1, 0.15) is 11.8 Å². The second kappa shape index (κ2) is 9.88. The number of amides is 2. The molecular formula is C21H26N4O5S. The Morgan fingerprint density at radius 3 is 2.61 bits per heavy atom. The van der Waals surface area contributed by atoms with Crippen molar-refractivity contribution in [3.63, 3.8) is 0 Å². The van der Waals surface area contributed by atoms with Gasteiger partial charge in [-0.05, 0) is 56.2 Å². The zero-order valence-corrected chi connectivity index (χ0v) is 18.3. The Hall–Kier alpha value is -2.98. The van der Waals surface area contributed by atoms with Gasteiger partial charge in [0, 0.05) is 19.3 Å². The monoisotopic (exact) mass is 446 g/mol. The largest absolute Gasteiger partial charge is 0.497 e. The molecule has 1 aromatic heterocycles. The zero-order valence-electron chi connectivity index (χ0n) is 17.4. The lowest BCUT2D eigenvalue weighted by Gasteiger charge is -2.31. The van der Waals surface area contributed by atoms with Gasteiger partial charge in [-0.1, -0.05) is 0 Å². The summed E-state index contributed by atoms with van der Waals surface area (Å²) in [4.78, 5) is 29.1. The molecule has 10 heteroatoms. The molecule has 0 saturated carbocycles. The highest BCUT2D eigenvalue weighted by atomic mass is 32.2. The number of nitrogens with zero attached hydrogens (tertiary/aromatic N) is 2. The van der Waals surface area contributed by atoms with Crippen molar-refractivity contribution in [2.24, 2.45) is 5.92 Å². The van der Waals surface area contributed by atoms with Crippen LogP contribution in [0.15, 0.2) is 53.7 Å². The van der Waals surface area contributed by atoms with E-state index in [-0.39, 0.29) is 23.3 Å². The van der Waals surface area contributed by atoms with Crippen molar-refractivity contribution < 1.29 is 22.7 Å². The van der Waals surface area contributed by atoms with Gasteiger partial charge in [0.25, 0.3) is 0 Å². The van der Waals surface area contributed by atoms with E-state index in [0.29, 0.717) is 30.8 Å². The SMILES string of the molecule is COc1ccc(S(=O)(=O)N2CCCC(C(=O)NC(C)C(=O)Nc3cccnc3)C2)cc1. The van der Waals surface area contributed by atoms with Crippen LogP contribution in [-0.4, -0.2) is 55.8 Å². The third-order valence-corrected chi connectivity index (χ3v) is 7.01. The molecule has 9 nitrogen and oxygen atoms in total. The van der Waals surface area contributed by atoms with Crippen LogP contribution in [0.25, 0.3) is 0 Å². The lowest BCUT2D eigenvalue weighted by atomic mass is 9.98. The fraction of sp³-hybridized carbons (Fsp3) is 0.381. The molecular weight excluding hydrogens is 420 g/mol. The number of anilines is 1. The number of carbonyl (C=O) groups is 2. The number of methoxy groups -OCH3 is 1. The highest BCUT2D eigenvalue weighted by Gasteiger charge is 2.34. The van der Waals surface area contributed by atoms with Gasteiger partial charge in [-0.15, -0.1) is 0 Å². The van der Waals surface area contributed by atoms with E-state index in [2.05, 4.69) is 15.6 Å². The maximum atomic E-state index is 13.0. The minimum Gasteiger partial charge on any atom is -0.497 e. The Balaban J connectivity index is 1.61. The van der Waals surface area contributed by atoms with E-state index < -0.39 is 22.0 Å². The third-order valence-electron chi connectivity index (χ3n) is 5.13. The number of rotatable bonds is 7. The van der Waals surface area contributed by atoms with E-state index in [0.717, 1.165) is 0 Å². The zero-order chi connectivity index (χ0) is 22.4. The van der Waals surface area contributed by atoms with Crippen LogP contribution in [0.2, 0.25) is 0 Å². The Labute approximate surface area is 181 Å². The summed E-state index contributed by atoms with van der Waals surface area (Å²) in [5, 5.41) is 5.37. The molecule has 0 bridgehead atoms. The molecule has 2 N–H and O–H groups in total. The number of nitrogens with one attached hydrogen (secondary N) is 2. The van der Waals surface area contributed by atoms with Gasteiger partial charge >= 0.3 is 0 Å². The van der Waals surface area contributed by atoms with E-state index in [1.165, 1.54) is 29.7 Å². The lowest BCUT2D eigenvalue weighted by molar-refractivity contribution is -0.129. The Morgan fingerprint density at radius 2 is 1.97 bits per heavy atom. The van der Waals surface area contributed by atoms with Gasteiger partial charge in [0.05, 0.1) is 29.8 Å². The molecule has 2 heterocycles. The van der Waals surface area contributed by atoms with Crippen LogP contribution < -0.4 is 15.4 Å². The minimum atomic E-state index is -3.73. The summed E-state index contributed by atoms with van der Waals surface area (Å²) in [6, 6.07) is 8.76. The second-order valence-electron chi connectivity index (χ2n) is 7.34. The lowest BCUT2D eigenvalue weighted by Crippen LogP contribution is -2.49. The van der Waals surface area contributed by atoms with E-state index in [1.807, 2.05) is 0 Å². The quantitative estimate of drug-likeness (QED) is 0.668. The normalized spacial score (nSPS) is 18.1. The number of ether oxygens (including phenoxy) is 1. The van der Waals surface area contributed by atoms with E-state index in [1.54, 1.807) is 37.4 Å². The molecule has 0 aliphatic carbocycles. The third kappa shape index (κ3) is 5.59. The Kier molecular flexibility index (Phi) is 7.24. The standard InChI is InChI=1S/C21H26N4O5S/c1-15(20(26)24-17-6-3-11-22-13-17)23-21(27)16-5-4-12-25(14-16)31(28,29)19-9-7-18(30-2)8-10-19/h3,6-11,13,15-16H,4-5,12,14H2,1-2H3,(H,23,27)(H,24,26). The average Bonchev–Trinajstić information content (AvgIpc) is 2.79. The summed E-state index contributed by atoms with van der Waals surface area (Å²) < 4.78 is 32.3. The maximum Gasteiger partial charge on any atom is 0.246 e. The number of aromatic nitrogens is 1. The van der Waals surface area contributed by atoms with Crippen LogP contribution in [0.3, 0.4) is 0 Å². The summed E-state index contributed by atoms with van der Waals surface area (Å²) in [6.07, 6.45) is 4.21. The molecule has 0 spiro atoms. The molecule has 166 valence electrons. The summed E-state index contributed by atoms with van der Waals surface area (Å²) in [5.41, 5.74) is 0.531. The molecule has 1 fully saturated rings. The van der Waals surface area contributed by atoms with Crippen molar-refractivity contribution in [1.29, 1.82) is 0 Å². The molecule has 3 rings (SSSR count). The first-order valence-electron chi connectivity index (χ1n) is 9.96. The molecule has 2 amide bonds. The van der Waals surface area contributed by atoms with E-state index in [9.17, 15) is 18.0 Å². The molecule has 1 aliphatic rings. The van der Waals surface area contributed by atoms with Crippen LogP contribution in [0.1, 0.15) is 19.8 Å². The predicted octanol–water partition coefficient (Wildman–Crippen LogP) is 1.63. The van der Waals surface area contributed by atoms with Crippen LogP contribution in [0.5, 0.6) is 5.75 Å². The van der Waals surface area contributed by atoms with Crippen molar-refractivity contribution in [3.05, 3.63) is 48.8 Å². The van der Waals surface area contributed by atoms with Gasteiger partial charge in [-0.25, -0.2) is 8.42 Å². The first-order chi connectivity index (χ1) is 14.8. The van der Waals surface area contributed by atoms with Crippen molar-refractivity contribution in [1.82, 2.24) is 14.6 Å². The smallest absolute Gasteiger partial charge is 0.246 e. The Bertz CT molecular complexity index is 1010. The molecule has 31 heavy (non-hydrogen) atoms. The molecule has 1 aliphatic heterocycles. The van der Waals surface area contributed by atoms with Gasteiger partial charge in [0.2, 0.25) is 21.8 Å². The van der Waals surface area contributed by atoms with Crippen molar-refractivity contribution in [2.45, 2.75) is 30.7 Å². The summed E-state index contributed by atoms with van der Waals surface area (Å²) in [6.45, 7) is 1.99. The first-order valence-corrected chi connectivity index (χ1v) is 11.4. The highest BCUT2D eigenvalue weighted by Crippen LogP contribution is 2.25. The van der Waals surface area contributed by atoms with Crippen LogP contribution in [0, 0.1) is 5.92 Å². The fourth-order valence-electron chi connectivity index (χ4n) is 3.36. The average molecular weight is 447 g/mol. The van der Waals surface area contributed by atoms with Crippen LogP contribution in [0.4, 0.5) is 5.69 Å². The highest BCUT2D eigenvalue weighted by molar-refractivity contribution is 7.89. The van der Waals surface area contributed by atoms with E-state index in [4.69, 9.17) is 4.74 Å². The molecule has 2 atom stereocenters. The number of carbonyl (C=O) groups excluding carboxylic acids is 2. The van der Waals surface area contributed by atoms with Gasteiger partial charge in [-0.2, -0.15) is 4.31 Å². The van der Waals surface area contributed by atoms with Crippen molar-refractivity contribution >= 4 is 27.5 Å². The molecule has 0 radical (unpaired) electrons. The number of hydrogen-bond donors (Lipinski definition) is 2. The molecule has 1 aromatic carbocycles. The fourth-order valence-corrected chi connectivity index (χ4v) is 4.88. The van der Waals surface area contributed by atoms with Crippen LogP contribution in [-0.2, 0) is 19.6 Å². The van der Waals surface area contributed by atoms with Gasteiger partial charge in [-0.3, -0.25) is 14.6 Å². The minimum absolute atomic E-state index is 0.0666. The van der Waals surface area contributed by atoms with Crippen molar-refractivity contribution in [2.75, 3.05) is 25.5 Å². The predicted molar refractivity (Wildman–Crippen MR) is 115 cm³/mol. The number of pyridine rings is 1. The van der Waals surface area contributed by atoms with Crippen LogP contribution >= 0.6 is 0 Å². The van der Waals surface area contributed by atoms with Crippen molar-refractivity contribution in [3.8, 4) is 5.75 Å². The number of sulfonamides is 1. The molecule has 2 aromatic rings. The molecule has 1 saturated heterocycles. The maximum absolute atomic E-state index is 13.0. The summed E-state index contributed by atoms with van der Waals surface area (Å²) >= 11 is 0. The van der Waals surface area contributed by atoms with E-state index >= 15 is 0 Å². The number of piperidine rings is 1. The number of hydrogen-bond acceptors (Lipinski definition) is 6. The first kappa shape index (κ1) is 22.7. The summed E-state index contributed by atoms with van der Waals surface area (Å²) in [7, 11) is -2.22. The summed E-state index contributed by atoms with van der Waals surface area (Å²) in [5.74, 6) is -0.688. The Morgan fingerprint density at radius 1 is 1.23 bits per heavy atom. The number of benzene rings is 1. The van der Waals surface area contributed by atoms with Gasteiger partial charge in [0.15, 0.2) is 0 Å². The van der Waals surface area contributed by atoms with Gasteiger partial charge < -0.3 is 15.4 Å².